The maximum Gasteiger partial charge on any atom is 0.0222 e. The van der Waals surface area contributed by atoms with Crippen LogP contribution in [0.1, 0.15) is 12.8 Å². The normalized spacial score (nSPS) is 31.1. The van der Waals surface area contributed by atoms with Gasteiger partial charge >= 0.3 is 0 Å². The Morgan fingerprint density at radius 2 is 1.86 bits per heavy atom. The first-order valence-electron chi connectivity index (χ1n) is 5.49. The highest BCUT2D eigenvalue weighted by Gasteiger charge is 2.23. The molecule has 0 aromatic heterocycles. The molecule has 0 aromatic carbocycles. The summed E-state index contributed by atoms with van der Waals surface area (Å²) in [5, 5.41) is 3.49. The molecule has 0 spiro atoms. The summed E-state index contributed by atoms with van der Waals surface area (Å²) in [6.45, 7) is 7.46. The van der Waals surface area contributed by atoms with E-state index in [1.165, 1.54) is 52.1 Å². The number of nitrogens with zero attached hydrogens (tertiary/aromatic N) is 2. The van der Waals surface area contributed by atoms with Gasteiger partial charge in [-0.05, 0) is 26.4 Å². The molecule has 0 amide bonds. The Kier molecular flexibility index (Phi) is 5.17. The second-order valence-corrected chi connectivity index (χ2v) is 4.34. The highest BCUT2D eigenvalue weighted by molar-refractivity contribution is 5.85. The van der Waals surface area contributed by atoms with E-state index in [0.29, 0.717) is 0 Å². The van der Waals surface area contributed by atoms with E-state index >= 15 is 0 Å². The predicted octanol–water partition coefficient (Wildman–Crippen LogP) is 0.408. The molecule has 2 saturated heterocycles. The van der Waals surface area contributed by atoms with Gasteiger partial charge < -0.3 is 10.2 Å². The Morgan fingerprint density at radius 1 is 1.14 bits per heavy atom. The third kappa shape index (κ3) is 3.09. The van der Waals surface area contributed by atoms with E-state index in [1.807, 2.05) is 0 Å². The summed E-state index contributed by atoms with van der Waals surface area (Å²) in [4.78, 5) is 5.08. The fraction of sp³-hybridized carbons (Fsp3) is 1.00. The predicted molar refractivity (Wildman–Crippen MR) is 62.2 cm³/mol. The van der Waals surface area contributed by atoms with Crippen molar-refractivity contribution in [3.63, 3.8) is 0 Å². The van der Waals surface area contributed by atoms with Crippen LogP contribution in [0.4, 0.5) is 0 Å². The Balaban J connectivity index is 0.000000980. The lowest BCUT2D eigenvalue weighted by Gasteiger charge is -2.39. The molecule has 1 N–H and O–H groups in total. The number of nitrogens with one attached hydrogen (secondary N) is 1. The first kappa shape index (κ1) is 12.2. The van der Waals surface area contributed by atoms with Crippen molar-refractivity contribution in [2.24, 2.45) is 0 Å². The molecule has 2 aliphatic heterocycles. The monoisotopic (exact) mass is 219 g/mol. The third-order valence-electron chi connectivity index (χ3n) is 3.33. The van der Waals surface area contributed by atoms with Gasteiger partial charge in [-0.25, -0.2) is 0 Å². The summed E-state index contributed by atoms with van der Waals surface area (Å²) in [7, 11) is 2.22. The minimum atomic E-state index is 0. The number of hydrogen-bond donors (Lipinski definition) is 1. The molecule has 4 heteroatoms. The van der Waals surface area contributed by atoms with Crippen LogP contribution in [0.25, 0.3) is 0 Å². The van der Waals surface area contributed by atoms with E-state index < -0.39 is 0 Å². The molecule has 0 radical (unpaired) electrons. The smallest absolute Gasteiger partial charge is 0.0222 e. The van der Waals surface area contributed by atoms with Crippen LogP contribution < -0.4 is 5.32 Å². The van der Waals surface area contributed by atoms with Crippen molar-refractivity contribution >= 4 is 12.4 Å². The van der Waals surface area contributed by atoms with E-state index in [1.54, 1.807) is 0 Å². The minimum absolute atomic E-state index is 0. The average Bonchev–Trinajstić information content (AvgIpc) is 2.20. The summed E-state index contributed by atoms with van der Waals surface area (Å²) in [5.74, 6) is 0. The molecule has 0 aliphatic carbocycles. The van der Waals surface area contributed by atoms with Crippen molar-refractivity contribution < 1.29 is 0 Å². The van der Waals surface area contributed by atoms with Crippen LogP contribution in [0.15, 0.2) is 0 Å². The maximum absolute atomic E-state index is 3.49. The average molecular weight is 220 g/mol. The zero-order valence-corrected chi connectivity index (χ0v) is 9.85. The zero-order valence-electron chi connectivity index (χ0n) is 9.04. The van der Waals surface area contributed by atoms with Crippen molar-refractivity contribution in [1.82, 2.24) is 15.1 Å². The molecule has 0 saturated carbocycles. The van der Waals surface area contributed by atoms with Crippen molar-refractivity contribution in [2.45, 2.75) is 18.9 Å². The molecule has 3 nitrogen and oxygen atoms in total. The Labute approximate surface area is 93.2 Å². The maximum atomic E-state index is 3.49. The molecule has 84 valence electrons. The van der Waals surface area contributed by atoms with E-state index in [2.05, 4.69) is 22.2 Å². The van der Waals surface area contributed by atoms with E-state index in [0.717, 1.165) is 6.04 Å². The van der Waals surface area contributed by atoms with Crippen LogP contribution in [-0.2, 0) is 0 Å². The highest BCUT2D eigenvalue weighted by Crippen LogP contribution is 2.12. The van der Waals surface area contributed by atoms with Gasteiger partial charge in [0.2, 0.25) is 0 Å². The summed E-state index contributed by atoms with van der Waals surface area (Å²) in [6, 6.07) is 0.822. The van der Waals surface area contributed by atoms with E-state index in [-0.39, 0.29) is 12.4 Å². The van der Waals surface area contributed by atoms with Gasteiger partial charge in [-0.1, -0.05) is 0 Å². The number of piperazine rings is 1. The first-order chi connectivity index (χ1) is 6.36. The van der Waals surface area contributed by atoms with Crippen LogP contribution >= 0.6 is 12.4 Å². The summed E-state index contributed by atoms with van der Waals surface area (Å²) >= 11 is 0. The number of rotatable bonds is 1. The number of piperidine rings is 1. The van der Waals surface area contributed by atoms with Gasteiger partial charge in [-0.3, -0.25) is 4.90 Å². The quantitative estimate of drug-likeness (QED) is 0.689. The largest absolute Gasteiger partial charge is 0.315 e. The van der Waals surface area contributed by atoms with Gasteiger partial charge in [0.15, 0.2) is 0 Å². The van der Waals surface area contributed by atoms with Crippen LogP contribution in [0.5, 0.6) is 0 Å². The number of halogens is 1. The van der Waals surface area contributed by atoms with Gasteiger partial charge in [0, 0.05) is 38.8 Å². The highest BCUT2D eigenvalue weighted by atomic mass is 35.5. The lowest BCUT2D eigenvalue weighted by Crippen LogP contribution is -2.53. The van der Waals surface area contributed by atoms with Gasteiger partial charge in [-0.15, -0.1) is 12.4 Å². The van der Waals surface area contributed by atoms with E-state index in [9.17, 15) is 0 Å². The second-order valence-electron chi connectivity index (χ2n) is 4.34. The van der Waals surface area contributed by atoms with Crippen LogP contribution in [0.3, 0.4) is 0 Å². The van der Waals surface area contributed by atoms with Crippen LogP contribution in [0.2, 0.25) is 0 Å². The fourth-order valence-electron chi connectivity index (χ4n) is 2.33. The van der Waals surface area contributed by atoms with Crippen LogP contribution in [-0.4, -0.2) is 62.2 Å². The molecule has 2 heterocycles. The SMILES string of the molecule is CN1CCN(C2CCCNC2)CC1.Cl. The minimum Gasteiger partial charge on any atom is -0.315 e. The molecular weight excluding hydrogens is 198 g/mol. The molecule has 0 aromatic rings. The Morgan fingerprint density at radius 3 is 2.43 bits per heavy atom. The van der Waals surface area contributed by atoms with Gasteiger partial charge in [-0.2, -0.15) is 0 Å². The number of hydrogen-bond acceptors (Lipinski definition) is 3. The van der Waals surface area contributed by atoms with Crippen molar-refractivity contribution in [3.8, 4) is 0 Å². The zero-order chi connectivity index (χ0) is 9.10. The summed E-state index contributed by atoms with van der Waals surface area (Å²) < 4.78 is 0. The topological polar surface area (TPSA) is 18.5 Å². The van der Waals surface area contributed by atoms with Crippen LogP contribution in [0, 0.1) is 0 Å². The number of likely N-dealkylation sites (N-methyl/N-ethyl adjacent to an activating group) is 1. The van der Waals surface area contributed by atoms with Crippen molar-refractivity contribution in [3.05, 3.63) is 0 Å². The second kappa shape index (κ2) is 5.91. The fourth-order valence-corrected chi connectivity index (χ4v) is 2.33. The molecular formula is C10H22ClN3. The molecule has 2 rings (SSSR count). The molecule has 1 atom stereocenters. The molecule has 1 unspecified atom stereocenters. The van der Waals surface area contributed by atoms with Gasteiger partial charge in [0.05, 0.1) is 0 Å². The van der Waals surface area contributed by atoms with E-state index in [4.69, 9.17) is 0 Å². The Hall–Kier alpha value is 0.170. The van der Waals surface area contributed by atoms with Gasteiger partial charge in [0.25, 0.3) is 0 Å². The van der Waals surface area contributed by atoms with Gasteiger partial charge in [0.1, 0.15) is 0 Å². The van der Waals surface area contributed by atoms with Crippen molar-refractivity contribution in [1.29, 1.82) is 0 Å². The lowest BCUT2D eigenvalue weighted by molar-refractivity contribution is 0.0974. The first-order valence-corrected chi connectivity index (χ1v) is 5.49. The standard InChI is InChI=1S/C10H21N3.ClH/c1-12-5-7-13(8-6-12)10-3-2-4-11-9-10;/h10-11H,2-9H2,1H3;1H. The molecule has 0 bridgehead atoms. The molecule has 2 fully saturated rings. The summed E-state index contributed by atoms with van der Waals surface area (Å²) in [5.41, 5.74) is 0. The molecule has 2 aliphatic rings. The molecule has 14 heavy (non-hydrogen) atoms. The van der Waals surface area contributed by atoms with Crippen molar-refractivity contribution in [2.75, 3.05) is 46.3 Å². The Bertz CT molecular complexity index is 151. The lowest BCUT2D eigenvalue weighted by atomic mass is 10.1. The third-order valence-corrected chi connectivity index (χ3v) is 3.33. The summed E-state index contributed by atoms with van der Waals surface area (Å²) in [6.07, 6.45) is 2.76.